The van der Waals surface area contributed by atoms with Crippen LogP contribution in [0, 0.1) is 5.92 Å². The highest BCUT2D eigenvalue weighted by Gasteiger charge is 2.25. The van der Waals surface area contributed by atoms with E-state index in [-0.39, 0.29) is 24.9 Å². The number of hydrogen-bond donors (Lipinski definition) is 1. The maximum Gasteiger partial charge on any atom is 0.260 e. The van der Waals surface area contributed by atoms with Gasteiger partial charge in [0, 0.05) is 13.1 Å². The zero-order valence-electron chi connectivity index (χ0n) is 11.2. The second-order valence-corrected chi connectivity index (χ2v) is 4.65. The average Bonchev–Trinajstić information content (AvgIpc) is 2.86. The molecule has 5 heteroatoms. The summed E-state index contributed by atoms with van der Waals surface area (Å²) >= 11 is 0. The first kappa shape index (κ1) is 15.8. The summed E-state index contributed by atoms with van der Waals surface area (Å²) in [5.41, 5.74) is 0. The number of para-hydroxylation sites is 1. The molecule has 1 saturated heterocycles. The maximum absolute atomic E-state index is 11.9. The molecule has 0 radical (unpaired) electrons. The van der Waals surface area contributed by atoms with E-state index >= 15 is 0 Å². The molecule has 1 aromatic rings. The number of amides is 1. The van der Waals surface area contributed by atoms with Crippen molar-refractivity contribution in [2.24, 2.45) is 5.92 Å². The van der Waals surface area contributed by atoms with Crippen molar-refractivity contribution in [1.29, 1.82) is 0 Å². The first-order chi connectivity index (χ1) is 8.79. The minimum atomic E-state index is 0. The van der Waals surface area contributed by atoms with Crippen molar-refractivity contribution < 1.29 is 9.53 Å². The molecule has 19 heavy (non-hydrogen) atoms. The number of ether oxygens (including phenoxy) is 1. The molecule has 1 N–H and O–H groups in total. The van der Waals surface area contributed by atoms with Crippen LogP contribution in [0.3, 0.4) is 0 Å². The fraction of sp³-hybridized carbons (Fsp3) is 0.500. The highest BCUT2D eigenvalue weighted by atomic mass is 35.5. The Morgan fingerprint density at radius 2 is 2.16 bits per heavy atom. The number of carbonyl (C=O) groups is 1. The smallest absolute Gasteiger partial charge is 0.260 e. The van der Waals surface area contributed by atoms with Gasteiger partial charge in [0.1, 0.15) is 5.75 Å². The predicted molar refractivity (Wildman–Crippen MR) is 77.8 cm³/mol. The molecule has 106 valence electrons. The molecule has 0 saturated carbocycles. The van der Waals surface area contributed by atoms with Crippen LogP contribution in [0.1, 0.15) is 6.42 Å². The van der Waals surface area contributed by atoms with Gasteiger partial charge in [0.2, 0.25) is 0 Å². The van der Waals surface area contributed by atoms with Crippen molar-refractivity contribution in [2.75, 3.05) is 33.3 Å². The van der Waals surface area contributed by atoms with E-state index in [9.17, 15) is 4.79 Å². The Morgan fingerprint density at radius 3 is 2.84 bits per heavy atom. The number of benzene rings is 1. The molecule has 2 rings (SSSR count). The van der Waals surface area contributed by atoms with Crippen LogP contribution in [-0.4, -0.2) is 44.1 Å². The van der Waals surface area contributed by atoms with Gasteiger partial charge in [-0.2, -0.15) is 0 Å². The molecule has 1 aromatic carbocycles. The Kier molecular flexibility index (Phi) is 6.67. The molecule has 1 heterocycles. The van der Waals surface area contributed by atoms with Crippen molar-refractivity contribution >= 4 is 18.3 Å². The molecule has 0 aromatic heterocycles. The van der Waals surface area contributed by atoms with E-state index < -0.39 is 0 Å². The van der Waals surface area contributed by atoms with Gasteiger partial charge in [-0.3, -0.25) is 4.79 Å². The SMILES string of the molecule is CNCC1CCN(C(=O)COc2ccccc2)C1.Cl. The summed E-state index contributed by atoms with van der Waals surface area (Å²) in [6.45, 7) is 2.81. The van der Waals surface area contributed by atoms with Crippen LogP contribution >= 0.6 is 12.4 Å². The standard InChI is InChI=1S/C14H20N2O2.ClH/c1-15-9-12-7-8-16(10-12)14(17)11-18-13-5-3-2-4-6-13;/h2-6,12,15H,7-11H2,1H3;1H. The average molecular weight is 285 g/mol. The lowest BCUT2D eigenvalue weighted by Crippen LogP contribution is -2.34. The zero-order valence-corrected chi connectivity index (χ0v) is 12.0. The summed E-state index contributed by atoms with van der Waals surface area (Å²) < 4.78 is 5.47. The summed E-state index contributed by atoms with van der Waals surface area (Å²) in [6, 6.07) is 9.46. The number of halogens is 1. The van der Waals surface area contributed by atoms with Crippen molar-refractivity contribution in [2.45, 2.75) is 6.42 Å². The molecule has 0 bridgehead atoms. The van der Waals surface area contributed by atoms with Crippen LogP contribution in [-0.2, 0) is 4.79 Å². The second-order valence-electron chi connectivity index (χ2n) is 4.65. The highest BCUT2D eigenvalue weighted by molar-refractivity contribution is 5.85. The third-order valence-corrected chi connectivity index (χ3v) is 3.24. The molecule has 1 fully saturated rings. The van der Waals surface area contributed by atoms with Gasteiger partial charge in [0.05, 0.1) is 0 Å². The van der Waals surface area contributed by atoms with Gasteiger partial charge in [-0.15, -0.1) is 12.4 Å². The number of rotatable bonds is 5. The number of nitrogens with zero attached hydrogens (tertiary/aromatic N) is 1. The van der Waals surface area contributed by atoms with Gasteiger partial charge in [0.15, 0.2) is 6.61 Å². The van der Waals surface area contributed by atoms with Gasteiger partial charge < -0.3 is 15.0 Å². The van der Waals surface area contributed by atoms with Crippen LogP contribution < -0.4 is 10.1 Å². The van der Waals surface area contributed by atoms with Crippen LogP contribution in [0.4, 0.5) is 0 Å². The minimum absolute atomic E-state index is 0. The van der Waals surface area contributed by atoms with E-state index in [4.69, 9.17) is 4.74 Å². The summed E-state index contributed by atoms with van der Waals surface area (Å²) in [4.78, 5) is 13.8. The van der Waals surface area contributed by atoms with Crippen molar-refractivity contribution in [3.8, 4) is 5.75 Å². The second kappa shape index (κ2) is 8.02. The summed E-state index contributed by atoms with van der Waals surface area (Å²) in [5.74, 6) is 1.41. The van der Waals surface area contributed by atoms with Crippen LogP contribution in [0.25, 0.3) is 0 Å². The normalized spacial score (nSPS) is 17.9. The lowest BCUT2D eigenvalue weighted by Gasteiger charge is -2.16. The summed E-state index contributed by atoms with van der Waals surface area (Å²) in [7, 11) is 1.95. The number of likely N-dealkylation sites (tertiary alicyclic amines) is 1. The largest absolute Gasteiger partial charge is 0.484 e. The minimum Gasteiger partial charge on any atom is -0.484 e. The Bertz CT molecular complexity index is 386. The van der Waals surface area contributed by atoms with Crippen LogP contribution in [0.5, 0.6) is 5.75 Å². The molecule has 1 aliphatic rings. The maximum atomic E-state index is 11.9. The van der Waals surface area contributed by atoms with E-state index in [2.05, 4.69) is 5.32 Å². The Hall–Kier alpha value is -1.26. The van der Waals surface area contributed by atoms with Crippen molar-refractivity contribution in [3.05, 3.63) is 30.3 Å². The molecule has 4 nitrogen and oxygen atoms in total. The Balaban J connectivity index is 0.00000180. The number of hydrogen-bond acceptors (Lipinski definition) is 3. The van der Waals surface area contributed by atoms with Crippen molar-refractivity contribution in [1.82, 2.24) is 10.2 Å². The first-order valence-electron chi connectivity index (χ1n) is 6.40. The van der Waals surface area contributed by atoms with E-state index in [1.165, 1.54) is 0 Å². The molecule has 1 unspecified atom stereocenters. The predicted octanol–water partition coefficient (Wildman–Crippen LogP) is 1.56. The molecule has 1 amide bonds. The lowest BCUT2D eigenvalue weighted by molar-refractivity contribution is -0.132. The van der Waals surface area contributed by atoms with E-state index in [0.717, 1.165) is 31.8 Å². The zero-order chi connectivity index (χ0) is 12.8. The number of carbonyl (C=O) groups excluding carboxylic acids is 1. The molecule has 1 atom stereocenters. The van der Waals surface area contributed by atoms with Gasteiger partial charge in [-0.25, -0.2) is 0 Å². The molecular weight excluding hydrogens is 264 g/mol. The van der Waals surface area contributed by atoms with E-state index in [1.54, 1.807) is 0 Å². The monoisotopic (exact) mass is 284 g/mol. The molecule has 0 aliphatic carbocycles. The summed E-state index contributed by atoms with van der Waals surface area (Å²) in [6.07, 6.45) is 1.08. The topological polar surface area (TPSA) is 41.6 Å². The molecule has 1 aliphatic heterocycles. The van der Waals surface area contributed by atoms with Crippen LogP contribution in [0.2, 0.25) is 0 Å². The molecular formula is C14H21ClN2O2. The fourth-order valence-corrected chi connectivity index (χ4v) is 2.27. The fourth-order valence-electron chi connectivity index (χ4n) is 2.27. The first-order valence-corrected chi connectivity index (χ1v) is 6.40. The number of nitrogens with one attached hydrogen (secondary N) is 1. The quantitative estimate of drug-likeness (QED) is 0.892. The van der Waals surface area contributed by atoms with E-state index in [0.29, 0.717) is 5.92 Å². The highest BCUT2D eigenvalue weighted by Crippen LogP contribution is 2.16. The summed E-state index contributed by atoms with van der Waals surface area (Å²) in [5, 5.41) is 3.16. The third-order valence-electron chi connectivity index (χ3n) is 3.24. The Morgan fingerprint density at radius 1 is 1.42 bits per heavy atom. The Labute approximate surface area is 120 Å². The van der Waals surface area contributed by atoms with Gasteiger partial charge in [0.25, 0.3) is 5.91 Å². The lowest BCUT2D eigenvalue weighted by atomic mass is 10.1. The van der Waals surface area contributed by atoms with E-state index in [1.807, 2.05) is 42.3 Å². The van der Waals surface area contributed by atoms with Crippen molar-refractivity contribution in [3.63, 3.8) is 0 Å². The van der Waals surface area contributed by atoms with Gasteiger partial charge in [-0.05, 0) is 38.1 Å². The van der Waals surface area contributed by atoms with Gasteiger partial charge in [-0.1, -0.05) is 18.2 Å². The van der Waals surface area contributed by atoms with Gasteiger partial charge >= 0.3 is 0 Å². The molecule has 0 spiro atoms. The third kappa shape index (κ3) is 4.73. The van der Waals surface area contributed by atoms with Crippen LogP contribution in [0.15, 0.2) is 30.3 Å².